The molecular formula is C20H22N4O. The lowest BCUT2D eigenvalue weighted by Gasteiger charge is -2.12. The summed E-state index contributed by atoms with van der Waals surface area (Å²) in [6.45, 7) is 2.50. The fourth-order valence-electron chi connectivity index (χ4n) is 2.60. The largest absolute Gasteiger partial charge is 0.340 e. The van der Waals surface area contributed by atoms with Crippen LogP contribution in [0.5, 0.6) is 0 Å². The number of H-pyrrole nitrogens is 1. The smallest absolute Gasteiger partial charge is 0.315 e. The molecule has 3 aromatic rings. The topological polar surface area (TPSA) is 69.8 Å². The number of urea groups is 1. The van der Waals surface area contributed by atoms with E-state index in [0.29, 0.717) is 6.54 Å². The molecular weight excluding hydrogens is 312 g/mol. The minimum Gasteiger partial charge on any atom is -0.340 e. The molecule has 2 amide bonds. The normalized spacial score (nSPS) is 11.7. The minimum absolute atomic E-state index is 0.193. The van der Waals surface area contributed by atoms with Crippen molar-refractivity contribution in [2.24, 2.45) is 0 Å². The summed E-state index contributed by atoms with van der Waals surface area (Å²) in [6, 6.07) is 19.7. The summed E-state index contributed by atoms with van der Waals surface area (Å²) in [5.74, 6) is 0.733. The van der Waals surface area contributed by atoms with E-state index in [2.05, 4.69) is 32.7 Å². The molecule has 1 aromatic heterocycles. The Bertz CT molecular complexity index is 799. The average molecular weight is 334 g/mol. The Hall–Kier alpha value is -3.08. The Morgan fingerprint density at radius 3 is 2.48 bits per heavy atom. The first kappa shape index (κ1) is 16.8. The van der Waals surface area contributed by atoms with Crippen LogP contribution in [0.2, 0.25) is 0 Å². The first-order valence-electron chi connectivity index (χ1n) is 8.41. The van der Waals surface area contributed by atoms with Crippen molar-refractivity contribution in [3.63, 3.8) is 0 Å². The number of rotatable bonds is 6. The van der Waals surface area contributed by atoms with Gasteiger partial charge in [0, 0.05) is 6.54 Å². The number of hydrogen-bond acceptors (Lipinski definition) is 2. The van der Waals surface area contributed by atoms with Crippen molar-refractivity contribution in [3.8, 4) is 11.3 Å². The third-order valence-electron chi connectivity index (χ3n) is 3.98. The van der Waals surface area contributed by atoms with E-state index in [-0.39, 0.29) is 12.1 Å². The molecule has 128 valence electrons. The summed E-state index contributed by atoms with van der Waals surface area (Å²) in [5.41, 5.74) is 3.21. The zero-order valence-corrected chi connectivity index (χ0v) is 14.2. The Balaban J connectivity index is 1.49. The molecule has 0 saturated heterocycles. The zero-order chi connectivity index (χ0) is 17.5. The van der Waals surface area contributed by atoms with Crippen LogP contribution in [0.25, 0.3) is 11.3 Å². The molecule has 0 saturated carbocycles. The molecule has 0 unspecified atom stereocenters. The van der Waals surface area contributed by atoms with Crippen molar-refractivity contribution in [1.29, 1.82) is 0 Å². The fourth-order valence-corrected chi connectivity index (χ4v) is 2.60. The molecule has 0 radical (unpaired) electrons. The second-order valence-corrected chi connectivity index (χ2v) is 5.91. The number of amides is 2. The summed E-state index contributed by atoms with van der Waals surface area (Å²) >= 11 is 0. The second kappa shape index (κ2) is 8.15. The summed E-state index contributed by atoms with van der Waals surface area (Å²) in [5, 5.41) is 5.78. The number of benzene rings is 2. The van der Waals surface area contributed by atoms with E-state index in [1.807, 2.05) is 55.5 Å². The van der Waals surface area contributed by atoms with Crippen LogP contribution in [-0.2, 0) is 6.42 Å². The predicted octanol–water partition coefficient (Wildman–Crippen LogP) is 3.68. The lowest BCUT2D eigenvalue weighted by molar-refractivity contribution is 0.237. The molecule has 0 aliphatic carbocycles. The van der Waals surface area contributed by atoms with Crippen LogP contribution in [-0.4, -0.2) is 22.5 Å². The lowest BCUT2D eigenvalue weighted by atomic mass is 10.1. The van der Waals surface area contributed by atoms with Crippen molar-refractivity contribution < 1.29 is 4.79 Å². The van der Waals surface area contributed by atoms with Crippen molar-refractivity contribution in [1.82, 2.24) is 20.6 Å². The highest BCUT2D eigenvalue weighted by Gasteiger charge is 2.13. The van der Waals surface area contributed by atoms with Gasteiger partial charge in [-0.2, -0.15) is 0 Å². The van der Waals surface area contributed by atoms with E-state index < -0.39 is 0 Å². The maximum Gasteiger partial charge on any atom is 0.315 e. The number of aromatic nitrogens is 2. The van der Waals surface area contributed by atoms with E-state index >= 15 is 0 Å². The van der Waals surface area contributed by atoms with Crippen LogP contribution < -0.4 is 10.6 Å². The summed E-state index contributed by atoms with van der Waals surface area (Å²) in [6.07, 6.45) is 2.59. The summed E-state index contributed by atoms with van der Waals surface area (Å²) in [4.78, 5) is 19.7. The van der Waals surface area contributed by atoms with Gasteiger partial charge < -0.3 is 15.6 Å². The average Bonchev–Trinajstić information content (AvgIpc) is 3.14. The Morgan fingerprint density at radius 2 is 1.76 bits per heavy atom. The van der Waals surface area contributed by atoms with Gasteiger partial charge in [-0.05, 0) is 24.5 Å². The van der Waals surface area contributed by atoms with Crippen LogP contribution in [0, 0.1) is 0 Å². The molecule has 0 spiro atoms. The minimum atomic E-state index is -0.200. The van der Waals surface area contributed by atoms with Crippen LogP contribution in [0.1, 0.15) is 24.4 Å². The van der Waals surface area contributed by atoms with Crippen molar-refractivity contribution in [3.05, 3.63) is 78.2 Å². The molecule has 0 fully saturated rings. The fraction of sp³-hybridized carbons (Fsp3) is 0.200. The standard InChI is InChI=1S/C20H22N4O/c1-15(19-22-14-18(24-19)17-10-6-3-7-11-17)23-20(25)21-13-12-16-8-4-2-5-9-16/h2-11,14-15H,12-13H2,1H3,(H,22,24)(H2,21,23,25)/t15-/m1/s1. The molecule has 2 aromatic carbocycles. The molecule has 1 atom stereocenters. The highest BCUT2D eigenvalue weighted by molar-refractivity contribution is 5.74. The third-order valence-corrected chi connectivity index (χ3v) is 3.98. The number of aromatic amines is 1. The molecule has 0 bridgehead atoms. The van der Waals surface area contributed by atoms with Gasteiger partial charge in [-0.25, -0.2) is 9.78 Å². The molecule has 25 heavy (non-hydrogen) atoms. The van der Waals surface area contributed by atoms with Crippen LogP contribution in [0.15, 0.2) is 66.9 Å². The third kappa shape index (κ3) is 4.70. The molecule has 3 rings (SSSR count). The van der Waals surface area contributed by atoms with Gasteiger partial charge in [-0.1, -0.05) is 60.7 Å². The highest BCUT2D eigenvalue weighted by atomic mass is 16.2. The Labute approximate surface area is 147 Å². The monoisotopic (exact) mass is 334 g/mol. The van der Waals surface area contributed by atoms with Gasteiger partial charge in [-0.3, -0.25) is 0 Å². The highest BCUT2D eigenvalue weighted by Crippen LogP contribution is 2.18. The van der Waals surface area contributed by atoms with Crippen molar-refractivity contribution >= 4 is 6.03 Å². The maximum atomic E-state index is 12.0. The van der Waals surface area contributed by atoms with E-state index in [4.69, 9.17) is 0 Å². The van der Waals surface area contributed by atoms with Crippen LogP contribution in [0.4, 0.5) is 4.79 Å². The quantitative estimate of drug-likeness (QED) is 0.643. The van der Waals surface area contributed by atoms with Crippen molar-refractivity contribution in [2.75, 3.05) is 6.54 Å². The first-order chi connectivity index (χ1) is 12.2. The lowest BCUT2D eigenvalue weighted by Crippen LogP contribution is -2.38. The van der Waals surface area contributed by atoms with Gasteiger partial charge in [0.1, 0.15) is 5.82 Å². The maximum absolute atomic E-state index is 12.0. The summed E-state index contributed by atoms with van der Waals surface area (Å²) in [7, 11) is 0. The number of imidazole rings is 1. The molecule has 0 aliphatic rings. The zero-order valence-electron chi connectivity index (χ0n) is 14.2. The number of carbonyl (C=O) groups is 1. The van der Waals surface area contributed by atoms with Gasteiger partial charge in [-0.15, -0.1) is 0 Å². The van der Waals surface area contributed by atoms with Crippen molar-refractivity contribution in [2.45, 2.75) is 19.4 Å². The van der Waals surface area contributed by atoms with Gasteiger partial charge in [0.2, 0.25) is 0 Å². The Morgan fingerprint density at radius 1 is 1.08 bits per heavy atom. The second-order valence-electron chi connectivity index (χ2n) is 5.91. The first-order valence-corrected chi connectivity index (χ1v) is 8.41. The van der Waals surface area contributed by atoms with Crippen LogP contribution >= 0.6 is 0 Å². The predicted molar refractivity (Wildman–Crippen MR) is 99.1 cm³/mol. The Kier molecular flexibility index (Phi) is 5.46. The number of hydrogen-bond donors (Lipinski definition) is 3. The van der Waals surface area contributed by atoms with Gasteiger partial charge >= 0.3 is 6.03 Å². The number of carbonyl (C=O) groups excluding carboxylic acids is 1. The molecule has 3 N–H and O–H groups in total. The van der Waals surface area contributed by atoms with Crippen LogP contribution in [0.3, 0.4) is 0 Å². The van der Waals surface area contributed by atoms with Gasteiger partial charge in [0.25, 0.3) is 0 Å². The SMILES string of the molecule is C[C@@H](NC(=O)NCCc1ccccc1)c1ncc(-c2ccccc2)[nH]1. The molecule has 1 heterocycles. The number of nitrogens with one attached hydrogen (secondary N) is 3. The van der Waals surface area contributed by atoms with E-state index in [1.54, 1.807) is 6.20 Å². The van der Waals surface area contributed by atoms with E-state index in [1.165, 1.54) is 5.56 Å². The molecule has 5 nitrogen and oxygen atoms in total. The van der Waals surface area contributed by atoms with Gasteiger partial charge in [0.05, 0.1) is 17.9 Å². The van der Waals surface area contributed by atoms with Gasteiger partial charge in [0.15, 0.2) is 0 Å². The number of nitrogens with zero attached hydrogens (tertiary/aromatic N) is 1. The summed E-state index contributed by atoms with van der Waals surface area (Å²) < 4.78 is 0. The molecule has 0 aliphatic heterocycles. The molecule has 5 heteroatoms. The van der Waals surface area contributed by atoms with E-state index in [0.717, 1.165) is 23.5 Å². The van der Waals surface area contributed by atoms with E-state index in [9.17, 15) is 4.79 Å².